The highest BCUT2D eigenvalue weighted by atomic mass is 32.2. The van der Waals surface area contributed by atoms with Crippen LogP contribution < -0.4 is 0 Å². The zero-order valence-electron chi connectivity index (χ0n) is 8.53. The molecule has 0 unspecified atom stereocenters. The standard InChI is InChI=1S/C5H4F6N2O5S/c6-4(12(14)15,13(16)17)1-2-18-3(19(10)11)5(7,8)9/h1-2H2. The van der Waals surface area contributed by atoms with Gasteiger partial charge in [0.15, 0.2) is 6.42 Å². The molecule has 0 radical (unpaired) electrons. The van der Waals surface area contributed by atoms with Crippen LogP contribution >= 0.6 is 11.3 Å². The van der Waals surface area contributed by atoms with Gasteiger partial charge in [0.1, 0.15) is 9.85 Å². The van der Waals surface area contributed by atoms with E-state index in [9.17, 15) is 45.6 Å². The molecule has 0 atom stereocenters. The predicted octanol–water partition coefficient (Wildman–Crippen LogP) is 2.30. The van der Waals surface area contributed by atoms with Crippen LogP contribution in [0.25, 0.3) is 0 Å². The molecule has 0 aliphatic rings. The predicted molar refractivity (Wildman–Crippen MR) is 49.3 cm³/mol. The van der Waals surface area contributed by atoms with Gasteiger partial charge in [-0.15, -0.1) is 7.77 Å². The first-order valence-corrected chi connectivity index (χ1v) is 5.07. The summed E-state index contributed by atoms with van der Waals surface area (Å²) in [5.41, 5.74) is 0. The van der Waals surface area contributed by atoms with Crippen molar-refractivity contribution in [2.45, 2.75) is 18.5 Å². The SMILES string of the molecule is O=[N+]([O-])C(F)(CCOC(=S(F)F)C(F)(F)F)[N+](=O)[O-]. The molecule has 19 heavy (non-hydrogen) atoms. The second-order valence-corrected chi connectivity index (χ2v) is 3.63. The summed E-state index contributed by atoms with van der Waals surface area (Å²) in [7, 11) is 0. The van der Waals surface area contributed by atoms with Crippen LogP contribution in [-0.2, 0) is 4.74 Å². The highest BCUT2D eigenvalue weighted by Gasteiger charge is 2.57. The number of halogens is 6. The minimum atomic E-state index is -5.56. The lowest BCUT2D eigenvalue weighted by atomic mass is 10.3. The van der Waals surface area contributed by atoms with E-state index in [1.807, 2.05) is 0 Å². The quantitative estimate of drug-likeness (QED) is 0.193. The van der Waals surface area contributed by atoms with Crippen LogP contribution in [0.3, 0.4) is 0 Å². The maximum absolute atomic E-state index is 13.0. The fourth-order valence-electron chi connectivity index (χ4n) is 0.737. The lowest BCUT2D eigenvalue weighted by Gasteiger charge is -2.11. The molecule has 0 spiro atoms. The second-order valence-electron chi connectivity index (χ2n) is 2.83. The first-order chi connectivity index (χ1) is 8.43. The lowest BCUT2D eigenvalue weighted by molar-refractivity contribution is -0.832. The van der Waals surface area contributed by atoms with E-state index in [0.717, 1.165) is 0 Å². The molecular formula is C5H4F6N2O5S. The molecule has 0 bridgehead atoms. The van der Waals surface area contributed by atoms with Gasteiger partial charge in [-0.05, 0) is 0 Å². The first-order valence-electron chi connectivity index (χ1n) is 4.04. The minimum Gasteiger partial charge on any atom is -0.332 e. The van der Waals surface area contributed by atoms with E-state index in [1.165, 1.54) is 0 Å². The third-order valence-corrected chi connectivity index (χ3v) is 2.21. The summed E-state index contributed by atoms with van der Waals surface area (Å²) in [6.45, 7) is -1.61. The summed E-state index contributed by atoms with van der Waals surface area (Å²) in [5, 5.41) is 17.4. The number of nitro groups is 2. The van der Waals surface area contributed by atoms with Gasteiger partial charge in [-0.25, -0.2) is 0 Å². The summed E-state index contributed by atoms with van der Waals surface area (Å²) >= 11 is -4.37. The Kier molecular flexibility index (Phi) is 5.67. The Balaban J connectivity index is 4.81. The molecule has 0 saturated heterocycles. The average molecular weight is 318 g/mol. The number of nitrogens with zero attached hydrogens (tertiary/aromatic N) is 2. The summed E-state index contributed by atoms with van der Waals surface area (Å²) in [4.78, 5) is 16.0. The molecule has 0 rings (SSSR count). The Morgan fingerprint density at radius 1 is 1.11 bits per heavy atom. The van der Waals surface area contributed by atoms with Crippen molar-refractivity contribution in [2.75, 3.05) is 6.61 Å². The van der Waals surface area contributed by atoms with E-state index in [4.69, 9.17) is 0 Å². The number of hydrogen-bond acceptors (Lipinski definition) is 5. The van der Waals surface area contributed by atoms with Crippen LogP contribution in [0.4, 0.5) is 25.3 Å². The third-order valence-electron chi connectivity index (χ3n) is 1.58. The lowest BCUT2D eigenvalue weighted by Crippen LogP contribution is -2.43. The molecular weight excluding hydrogens is 314 g/mol. The van der Waals surface area contributed by atoms with Gasteiger partial charge >= 0.3 is 12.1 Å². The highest BCUT2D eigenvalue weighted by molar-refractivity contribution is 8.06. The zero-order chi connectivity index (χ0) is 15.4. The largest absolute Gasteiger partial charge is 0.616 e. The van der Waals surface area contributed by atoms with Crippen molar-refractivity contribution < 1.29 is 39.9 Å². The van der Waals surface area contributed by atoms with Gasteiger partial charge in [0, 0.05) is 0 Å². The van der Waals surface area contributed by atoms with Crippen LogP contribution in [0.1, 0.15) is 6.42 Å². The second kappa shape index (κ2) is 6.14. The number of rotatable bonds is 5. The molecule has 7 nitrogen and oxygen atoms in total. The van der Waals surface area contributed by atoms with Crippen LogP contribution in [0, 0.1) is 20.2 Å². The van der Waals surface area contributed by atoms with Crippen LogP contribution in [0.5, 0.6) is 0 Å². The van der Waals surface area contributed by atoms with Crippen LogP contribution in [0.2, 0.25) is 0 Å². The molecule has 14 heteroatoms. The molecule has 0 saturated carbocycles. The maximum atomic E-state index is 13.0. The fourth-order valence-corrected chi connectivity index (χ4v) is 1.08. The van der Waals surface area contributed by atoms with Crippen molar-refractivity contribution in [3.8, 4) is 0 Å². The summed E-state index contributed by atoms with van der Waals surface area (Å²) in [6, 6.07) is 0. The summed E-state index contributed by atoms with van der Waals surface area (Å²) in [5.74, 6) is -4.30. The molecule has 0 aliphatic carbocycles. The average Bonchev–Trinajstić information content (AvgIpc) is 2.20. The van der Waals surface area contributed by atoms with Crippen LogP contribution in [-0.4, -0.2) is 33.6 Å². The summed E-state index contributed by atoms with van der Waals surface area (Å²) < 4.78 is 76.1. The fraction of sp³-hybridized carbons (Fsp3) is 0.800. The van der Waals surface area contributed by atoms with Gasteiger partial charge in [-0.3, -0.25) is 20.2 Å². The van der Waals surface area contributed by atoms with Crippen LogP contribution in [0.15, 0.2) is 0 Å². The van der Waals surface area contributed by atoms with Gasteiger partial charge in [-0.1, -0.05) is 4.39 Å². The van der Waals surface area contributed by atoms with Gasteiger partial charge in [-0.2, -0.15) is 13.2 Å². The molecule has 0 fully saturated rings. The van der Waals surface area contributed by atoms with Gasteiger partial charge in [0.2, 0.25) is 16.3 Å². The smallest absolute Gasteiger partial charge is 0.332 e. The Labute approximate surface area is 102 Å². The molecule has 0 heterocycles. The molecule has 0 aromatic carbocycles. The molecule has 0 aromatic heterocycles. The molecule has 0 N–H and O–H groups in total. The minimum absolute atomic E-state index is 1.61. The number of alkyl halides is 4. The van der Waals surface area contributed by atoms with Crippen molar-refractivity contribution in [1.82, 2.24) is 0 Å². The van der Waals surface area contributed by atoms with E-state index in [-0.39, 0.29) is 0 Å². The molecule has 0 aromatic rings. The van der Waals surface area contributed by atoms with Gasteiger partial charge in [0.05, 0.1) is 6.61 Å². The Hall–Kier alpha value is -1.44. The van der Waals surface area contributed by atoms with Crippen molar-refractivity contribution in [3.05, 3.63) is 20.2 Å². The molecule has 0 aliphatic heterocycles. The van der Waals surface area contributed by atoms with E-state index in [2.05, 4.69) is 4.74 Å². The Morgan fingerprint density at radius 3 is 1.79 bits per heavy atom. The molecule has 0 amide bonds. The monoisotopic (exact) mass is 318 g/mol. The first kappa shape index (κ1) is 17.6. The van der Waals surface area contributed by atoms with Crippen molar-refractivity contribution in [3.63, 3.8) is 0 Å². The van der Waals surface area contributed by atoms with Crippen molar-refractivity contribution >= 4 is 16.3 Å². The highest BCUT2D eigenvalue weighted by Crippen LogP contribution is 2.30. The van der Waals surface area contributed by atoms with Gasteiger partial charge in [0.25, 0.3) is 0 Å². The van der Waals surface area contributed by atoms with E-state index >= 15 is 0 Å². The van der Waals surface area contributed by atoms with Gasteiger partial charge < -0.3 is 4.74 Å². The van der Waals surface area contributed by atoms with E-state index in [0.29, 0.717) is 0 Å². The maximum Gasteiger partial charge on any atom is 0.616 e. The third kappa shape index (κ3) is 4.62. The number of ether oxygens (including phenoxy) is 1. The summed E-state index contributed by atoms with van der Waals surface area (Å²) in [6.07, 6.45) is -7.32. The van der Waals surface area contributed by atoms with E-state index < -0.39 is 51.3 Å². The van der Waals surface area contributed by atoms with E-state index in [1.54, 1.807) is 0 Å². The topological polar surface area (TPSA) is 95.5 Å². The van der Waals surface area contributed by atoms with Crippen molar-refractivity contribution in [2.24, 2.45) is 0 Å². The number of hydrogen-bond donors (Lipinski definition) is 0. The molecule has 112 valence electrons. The normalized spacial score (nSPS) is 12.6. The Morgan fingerprint density at radius 2 is 1.53 bits per heavy atom. The zero-order valence-corrected chi connectivity index (χ0v) is 9.34. The van der Waals surface area contributed by atoms with Crippen molar-refractivity contribution in [1.29, 1.82) is 0 Å². The Bertz CT molecular complexity index is 393.